The molecule has 152 valence electrons. The fourth-order valence-electron chi connectivity index (χ4n) is 5.57. The summed E-state index contributed by atoms with van der Waals surface area (Å²) in [5, 5.41) is 11.5. The summed E-state index contributed by atoms with van der Waals surface area (Å²) in [5.74, 6) is 0.0551. The predicted octanol–water partition coefficient (Wildman–Crippen LogP) is 3.10. The van der Waals surface area contributed by atoms with E-state index >= 15 is 0 Å². The molecule has 0 bridgehead atoms. The second-order valence-corrected chi connectivity index (χ2v) is 9.80. The molecule has 2 saturated carbocycles. The number of aliphatic hydroxyl groups is 1. The molecule has 0 aromatic carbocycles. The molecule has 27 heavy (non-hydrogen) atoms. The molecule has 3 aliphatic rings. The maximum atomic E-state index is 13.2. The molecular formula is C21H33NO5. The lowest BCUT2D eigenvalue weighted by molar-refractivity contribution is -0.165. The van der Waals surface area contributed by atoms with Crippen molar-refractivity contribution in [3.05, 3.63) is 0 Å². The Morgan fingerprint density at radius 2 is 1.74 bits per heavy atom. The van der Waals surface area contributed by atoms with Crippen molar-refractivity contribution in [3.63, 3.8) is 0 Å². The number of carbonyl (C=O) groups is 3. The molecule has 1 heterocycles. The highest BCUT2D eigenvalue weighted by molar-refractivity contribution is 6.01. The van der Waals surface area contributed by atoms with Gasteiger partial charge in [-0.25, -0.2) is 4.79 Å². The first-order valence-corrected chi connectivity index (χ1v) is 10.3. The zero-order valence-electron chi connectivity index (χ0n) is 17.0. The molecule has 4 atom stereocenters. The zero-order chi connectivity index (χ0) is 20.0. The Labute approximate surface area is 161 Å². The standard InChI is InChI=1S/C21H33NO5/c1-14-11-15-13-17(24)21(26)8-6-10-22(18(25)27-19(2,3)4)9-5-7-20(15,21)16(23)12-14/h14-15,26H,5-13H2,1-4H3/t14?,15-,20?,21+/m0/s1. The van der Waals surface area contributed by atoms with Crippen LogP contribution in [-0.4, -0.2) is 52.0 Å². The SMILES string of the molecule is CC1CC(=O)C23CCCN(C(=O)OC(C)(C)C)CCC[C@@]2(O)C(=O)C[C@@H]3C1. The topological polar surface area (TPSA) is 83.9 Å². The van der Waals surface area contributed by atoms with Gasteiger partial charge in [-0.1, -0.05) is 6.92 Å². The summed E-state index contributed by atoms with van der Waals surface area (Å²) >= 11 is 0. The summed E-state index contributed by atoms with van der Waals surface area (Å²) in [6, 6.07) is 0. The summed E-state index contributed by atoms with van der Waals surface area (Å²) in [6.07, 6.45) is 2.96. The van der Waals surface area contributed by atoms with E-state index in [1.165, 1.54) is 0 Å². The smallest absolute Gasteiger partial charge is 0.410 e. The fraction of sp³-hybridized carbons (Fsp3) is 0.857. The van der Waals surface area contributed by atoms with Gasteiger partial charge in [-0.2, -0.15) is 0 Å². The van der Waals surface area contributed by atoms with E-state index in [-0.39, 0.29) is 35.9 Å². The molecule has 2 unspecified atom stereocenters. The van der Waals surface area contributed by atoms with E-state index in [4.69, 9.17) is 4.74 Å². The molecule has 0 aromatic rings. The lowest BCUT2D eigenvalue weighted by Crippen LogP contribution is -2.57. The molecule has 1 amide bonds. The number of nitrogens with zero attached hydrogens (tertiary/aromatic N) is 1. The quantitative estimate of drug-likeness (QED) is 0.699. The van der Waals surface area contributed by atoms with Crippen molar-refractivity contribution in [2.24, 2.45) is 17.3 Å². The molecule has 2 aliphatic carbocycles. The molecule has 6 heteroatoms. The minimum atomic E-state index is -1.57. The first-order valence-electron chi connectivity index (χ1n) is 10.3. The molecule has 1 N–H and O–H groups in total. The number of hydrogen-bond acceptors (Lipinski definition) is 5. The monoisotopic (exact) mass is 379 g/mol. The van der Waals surface area contributed by atoms with Crippen LogP contribution in [0.3, 0.4) is 0 Å². The van der Waals surface area contributed by atoms with Gasteiger partial charge in [0, 0.05) is 25.9 Å². The number of ether oxygens (including phenoxy) is 1. The van der Waals surface area contributed by atoms with Gasteiger partial charge in [-0.05, 0) is 64.7 Å². The molecule has 3 fully saturated rings. The van der Waals surface area contributed by atoms with Crippen LogP contribution >= 0.6 is 0 Å². The van der Waals surface area contributed by atoms with Crippen molar-refractivity contribution >= 4 is 17.7 Å². The van der Waals surface area contributed by atoms with Crippen LogP contribution in [0, 0.1) is 17.3 Å². The molecule has 6 nitrogen and oxygen atoms in total. The van der Waals surface area contributed by atoms with Crippen molar-refractivity contribution in [3.8, 4) is 0 Å². The van der Waals surface area contributed by atoms with Crippen molar-refractivity contribution < 1.29 is 24.2 Å². The fourth-order valence-corrected chi connectivity index (χ4v) is 5.57. The number of hydrogen-bond donors (Lipinski definition) is 1. The van der Waals surface area contributed by atoms with Gasteiger partial charge in [-0.3, -0.25) is 9.59 Å². The zero-order valence-corrected chi connectivity index (χ0v) is 17.0. The van der Waals surface area contributed by atoms with E-state index in [9.17, 15) is 19.5 Å². The predicted molar refractivity (Wildman–Crippen MR) is 100 cm³/mol. The average molecular weight is 379 g/mol. The largest absolute Gasteiger partial charge is 0.444 e. The minimum absolute atomic E-state index is 0.0466. The normalized spacial score (nSPS) is 37.7. The van der Waals surface area contributed by atoms with Gasteiger partial charge >= 0.3 is 6.09 Å². The lowest BCUT2D eigenvalue weighted by atomic mass is 9.56. The first-order chi connectivity index (χ1) is 12.5. The summed E-state index contributed by atoms with van der Waals surface area (Å²) in [4.78, 5) is 40.1. The Morgan fingerprint density at radius 3 is 2.37 bits per heavy atom. The maximum Gasteiger partial charge on any atom is 0.410 e. The lowest BCUT2D eigenvalue weighted by Gasteiger charge is -2.47. The second-order valence-electron chi connectivity index (χ2n) is 9.80. The van der Waals surface area contributed by atoms with Gasteiger partial charge in [0.05, 0.1) is 5.41 Å². The van der Waals surface area contributed by atoms with Gasteiger partial charge in [0.15, 0.2) is 5.78 Å². The van der Waals surface area contributed by atoms with E-state index in [1.54, 1.807) is 4.90 Å². The number of carbonyl (C=O) groups excluding carboxylic acids is 3. The molecule has 1 saturated heterocycles. The third-order valence-corrected chi connectivity index (χ3v) is 6.66. The third kappa shape index (κ3) is 3.41. The van der Waals surface area contributed by atoms with E-state index in [0.717, 1.165) is 6.42 Å². The summed E-state index contributed by atoms with van der Waals surface area (Å²) in [5.41, 5.74) is -3.10. The Balaban J connectivity index is 1.85. The van der Waals surface area contributed by atoms with Gasteiger partial charge in [0.25, 0.3) is 0 Å². The highest BCUT2D eigenvalue weighted by Gasteiger charge is 2.68. The number of amides is 1. The second kappa shape index (κ2) is 6.87. The Morgan fingerprint density at radius 1 is 1.11 bits per heavy atom. The minimum Gasteiger partial charge on any atom is -0.444 e. The summed E-state index contributed by atoms with van der Waals surface area (Å²) in [6.45, 7) is 8.45. The van der Waals surface area contributed by atoms with Crippen molar-refractivity contribution in [2.75, 3.05) is 13.1 Å². The van der Waals surface area contributed by atoms with Crippen LogP contribution < -0.4 is 0 Å². The Bertz CT molecular complexity index is 639. The molecule has 1 aliphatic heterocycles. The van der Waals surface area contributed by atoms with Gasteiger partial charge in [0.2, 0.25) is 0 Å². The van der Waals surface area contributed by atoms with Crippen LogP contribution in [0.25, 0.3) is 0 Å². The molecule has 3 rings (SSSR count). The van der Waals surface area contributed by atoms with Gasteiger partial charge < -0.3 is 14.7 Å². The van der Waals surface area contributed by atoms with Crippen LogP contribution in [0.5, 0.6) is 0 Å². The Kier molecular flexibility index (Phi) is 5.17. The maximum absolute atomic E-state index is 13.2. The highest BCUT2D eigenvalue weighted by atomic mass is 16.6. The number of ketones is 2. The van der Waals surface area contributed by atoms with E-state index in [0.29, 0.717) is 45.2 Å². The van der Waals surface area contributed by atoms with Gasteiger partial charge in [0.1, 0.15) is 17.0 Å². The van der Waals surface area contributed by atoms with Crippen LogP contribution in [0.2, 0.25) is 0 Å². The molecular weight excluding hydrogens is 346 g/mol. The first kappa shape index (κ1) is 20.3. The summed E-state index contributed by atoms with van der Waals surface area (Å²) < 4.78 is 5.49. The van der Waals surface area contributed by atoms with Crippen LogP contribution in [0.1, 0.15) is 72.6 Å². The summed E-state index contributed by atoms with van der Waals surface area (Å²) in [7, 11) is 0. The molecule has 1 spiro atoms. The van der Waals surface area contributed by atoms with Gasteiger partial charge in [-0.15, -0.1) is 0 Å². The number of rotatable bonds is 0. The Hall–Kier alpha value is -1.43. The van der Waals surface area contributed by atoms with Crippen molar-refractivity contribution in [1.82, 2.24) is 4.90 Å². The highest BCUT2D eigenvalue weighted by Crippen LogP contribution is 2.59. The molecule has 0 aromatic heterocycles. The van der Waals surface area contributed by atoms with E-state index in [1.807, 2.05) is 27.7 Å². The van der Waals surface area contributed by atoms with Crippen molar-refractivity contribution in [1.29, 1.82) is 0 Å². The van der Waals surface area contributed by atoms with E-state index in [2.05, 4.69) is 0 Å². The van der Waals surface area contributed by atoms with Crippen LogP contribution in [0.15, 0.2) is 0 Å². The van der Waals surface area contributed by atoms with Crippen LogP contribution in [0.4, 0.5) is 4.79 Å². The third-order valence-electron chi connectivity index (χ3n) is 6.66. The van der Waals surface area contributed by atoms with E-state index < -0.39 is 16.6 Å². The average Bonchev–Trinajstić information content (AvgIpc) is 2.77. The number of Topliss-reactive ketones (excluding diaryl/α,β-unsaturated/α-hetero) is 2. The molecule has 0 radical (unpaired) electrons. The van der Waals surface area contributed by atoms with Crippen LogP contribution in [-0.2, 0) is 14.3 Å². The van der Waals surface area contributed by atoms with Crippen molar-refractivity contribution in [2.45, 2.75) is 83.8 Å².